The maximum Gasteiger partial charge on any atom is 0.338 e. The van der Waals surface area contributed by atoms with E-state index < -0.39 is 13.3 Å². The van der Waals surface area contributed by atoms with Gasteiger partial charge in [-0.05, 0) is 49.6 Å². The quantitative estimate of drug-likeness (QED) is 0.598. The summed E-state index contributed by atoms with van der Waals surface area (Å²) >= 11 is 0. The van der Waals surface area contributed by atoms with Gasteiger partial charge in [0.05, 0.1) is 33.1 Å². The minimum atomic E-state index is -3.46. The van der Waals surface area contributed by atoms with Gasteiger partial charge in [-0.25, -0.2) is 0 Å². The Morgan fingerprint density at radius 3 is 2.15 bits per heavy atom. The highest BCUT2D eigenvalue weighted by Gasteiger charge is 2.37. The van der Waals surface area contributed by atoms with E-state index in [9.17, 15) is 9.67 Å². The van der Waals surface area contributed by atoms with Crippen molar-refractivity contribution >= 4 is 7.60 Å². The highest BCUT2D eigenvalue weighted by Crippen LogP contribution is 2.62. The molecule has 0 aliphatic carbocycles. The second-order valence-electron chi connectivity index (χ2n) is 5.73. The first kappa shape index (κ1) is 21.2. The molecule has 1 atom stereocenters. The third-order valence-corrected chi connectivity index (χ3v) is 6.52. The van der Waals surface area contributed by atoms with Gasteiger partial charge in [-0.3, -0.25) is 9.55 Å². The van der Waals surface area contributed by atoms with E-state index in [2.05, 4.69) is 4.98 Å². The SMILES string of the molecule is CCOP(=O)(OCC)C(Cc1cc(OC)c(O)c(OC)c1)c1cccnc1. The van der Waals surface area contributed by atoms with Crippen molar-refractivity contribution in [2.45, 2.75) is 25.9 Å². The molecule has 0 aliphatic heterocycles. The summed E-state index contributed by atoms with van der Waals surface area (Å²) < 4.78 is 35.1. The number of phenolic OH excluding ortho intramolecular Hbond substituents is 1. The molecule has 1 aromatic carbocycles. The van der Waals surface area contributed by atoms with Crippen LogP contribution in [0.2, 0.25) is 0 Å². The van der Waals surface area contributed by atoms with Crippen LogP contribution in [0.15, 0.2) is 36.7 Å². The number of rotatable bonds is 10. The maximum absolute atomic E-state index is 13.5. The number of benzene rings is 1. The molecule has 0 spiro atoms. The normalized spacial score (nSPS) is 12.6. The number of aromatic nitrogens is 1. The number of phenols is 1. The fourth-order valence-corrected chi connectivity index (χ4v) is 4.96. The van der Waals surface area contributed by atoms with Gasteiger partial charge in [0.1, 0.15) is 0 Å². The van der Waals surface area contributed by atoms with Crippen LogP contribution in [-0.2, 0) is 20.0 Å². The monoisotopic (exact) mass is 395 g/mol. The van der Waals surface area contributed by atoms with Crippen LogP contribution in [0.4, 0.5) is 0 Å². The summed E-state index contributed by atoms with van der Waals surface area (Å²) in [6, 6.07) is 6.99. The lowest BCUT2D eigenvalue weighted by Crippen LogP contribution is -2.10. The van der Waals surface area contributed by atoms with E-state index in [-0.39, 0.29) is 30.5 Å². The summed E-state index contributed by atoms with van der Waals surface area (Å²) in [6.07, 6.45) is 3.64. The van der Waals surface area contributed by atoms with E-state index in [0.29, 0.717) is 6.42 Å². The first-order chi connectivity index (χ1) is 13.0. The van der Waals surface area contributed by atoms with Crippen molar-refractivity contribution in [2.24, 2.45) is 0 Å². The van der Waals surface area contributed by atoms with Gasteiger partial charge in [-0.1, -0.05) is 6.07 Å². The van der Waals surface area contributed by atoms with Gasteiger partial charge in [0.25, 0.3) is 0 Å². The zero-order chi connectivity index (χ0) is 19.9. The van der Waals surface area contributed by atoms with Crippen LogP contribution in [0.5, 0.6) is 17.2 Å². The molecule has 0 radical (unpaired) electrons. The van der Waals surface area contributed by atoms with Crippen LogP contribution in [0, 0.1) is 0 Å². The van der Waals surface area contributed by atoms with E-state index in [1.165, 1.54) is 14.2 Å². The van der Waals surface area contributed by atoms with Gasteiger partial charge in [0.15, 0.2) is 11.5 Å². The van der Waals surface area contributed by atoms with E-state index in [1.54, 1.807) is 44.4 Å². The Morgan fingerprint density at radius 1 is 1.11 bits per heavy atom. The molecule has 0 saturated carbocycles. The second-order valence-corrected chi connectivity index (χ2v) is 7.95. The van der Waals surface area contributed by atoms with Crippen LogP contribution in [0.1, 0.15) is 30.6 Å². The molecule has 1 aromatic heterocycles. The average molecular weight is 395 g/mol. The van der Waals surface area contributed by atoms with Gasteiger partial charge in [-0.2, -0.15) is 0 Å². The number of hydrogen-bond donors (Lipinski definition) is 1. The zero-order valence-electron chi connectivity index (χ0n) is 16.0. The molecule has 1 N–H and O–H groups in total. The Balaban J connectivity index is 2.51. The van der Waals surface area contributed by atoms with Crippen LogP contribution < -0.4 is 9.47 Å². The first-order valence-electron chi connectivity index (χ1n) is 8.71. The minimum absolute atomic E-state index is 0.0838. The molecule has 8 heteroatoms. The summed E-state index contributed by atoms with van der Waals surface area (Å²) in [4.78, 5) is 4.14. The lowest BCUT2D eigenvalue weighted by Gasteiger charge is -2.27. The Morgan fingerprint density at radius 2 is 1.70 bits per heavy atom. The molecule has 0 amide bonds. The van der Waals surface area contributed by atoms with Gasteiger partial charge < -0.3 is 23.6 Å². The minimum Gasteiger partial charge on any atom is -0.502 e. The topological polar surface area (TPSA) is 87.1 Å². The predicted molar refractivity (Wildman–Crippen MR) is 103 cm³/mol. The molecular weight excluding hydrogens is 369 g/mol. The molecule has 0 saturated heterocycles. The van der Waals surface area contributed by atoms with Crippen molar-refractivity contribution in [3.63, 3.8) is 0 Å². The number of hydrogen-bond acceptors (Lipinski definition) is 7. The number of nitrogens with zero attached hydrogens (tertiary/aromatic N) is 1. The van der Waals surface area contributed by atoms with Crippen molar-refractivity contribution in [1.29, 1.82) is 0 Å². The predicted octanol–water partition coefficient (Wildman–Crippen LogP) is 4.35. The summed E-state index contributed by atoms with van der Waals surface area (Å²) in [6.45, 7) is 4.07. The van der Waals surface area contributed by atoms with Crippen molar-refractivity contribution in [3.8, 4) is 17.2 Å². The van der Waals surface area contributed by atoms with Crippen LogP contribution in [-0.4, -0.2) is 37.5 Å². The van der Waals surface area contributed by atoms with Crippen molar-refractivity contribution in [3.05, 3.63) is 47.8 Å². The Kier molecular flexibility index (Phi) is 7.66. The van der Waals surface area contributed by atoms with E-state index in [1.807, 2.05) is 6.07 Å². The van der Waals surface area contributed by atoms with Crippen molar-refractivity contribution in [2.75, 3.05) is 27.4 Å². The van der Waals surface area contributed by atoms with Crippen molar-refractivity contribution < 1.29 is 28.2 Å². The standard InChI is InChI=1S/C19H26NO6P/c1-5-25-27(22,26-6-2)18(15-8-7-9-20-13-15)12-14-10-16(23-3)19(21)17(11-14)24-4/h7-11,13,18,21H,5-6,12H2,1-4H3. The van der Waals surface area contributed by atoms with Crippen LogP contribution >= 0.6 is 7.60 Å². The fraction of sp³-hybridized carbons (Fsp3) is 0.421. The second kappa shape index (κ2) is 9.74. The van der Waals surface area contributed by atoms with Gasteiger partial charge in [0, 0.05) is 12.4 Å². The summed E-state index contributed by atoms with van der Waals surface area (Å²) in [5.41, 5.74) is 0.939. The first-order valence-corrected chi connectivity index (χ1v) is 10.3. The number of ether oxygens (including phenoxy) is 2. The van der Waals surface area contributed by atoms with E-state index >= 15 is 0 Å². The Bertz CT molecular complexity index is 748. The third kappa shape index (κ3) is 5.01. The van der Waals surface area contributed by atoms with Gasteiger partial charge >= 0.3 is 7.60 Å². The Labute approximate surface area is 159 Å². The molecule has 1 unspecified atom stereocenters. The fourth-order valence-electron chi connectivity index (χ4n) is 2.85. The van der Waals surface area contributed by atoms with Crippen molar-refractivity contribution in [1.82, 2.24) is 4.98 Å². The highest BCUT2D eigenvalue weighted by atomic mass is 31.2. The largest absolute Gasteiger partial charge is 0.502 e. The molecular formula is C19H26NO6P. The Hall–Kier alpha value is -2.08. The maximum atomic E-state index is 13.5. The third-order valence-electron chi connectivity index (χ3n) is 4.04. The molecule has 27 heavy (non-hydrogen) atoms. The highest BCUT2D eigenvalue weighted by molar-refractivity contribution is 7.54. The van der Waals surface area contributed by atoms with E-state index in [4.69, 9.17) is 18.5 Å². The molecule has 0 fully saturated rings. The van der Waals surface area contributed by atoms with E-state index in [0.717, 1.165) is 11.1 Å². The zero-order valence-corrected chi connectivity index (χ0v) is 16.9. The molecule has 0 bridgehead atoms. The molecule has 1 heterocycles. The average Bonchev–Trinajstić information content (AvgIpc) is 2.68. The molecule has 2 aromatic rings. The molecule has 7 nitrogen and oxygen atoms in total. The summed E-state index contributed by atoms with van der Waals surface area (Å²) in [5, 5.41) is 10.1. The summed E-state index contributed by atoms with van der Waals surface area (Å²) in [5.74, 6) is 0.466. The number of methoxy groups -OCH3 is 2. The van der Waals surface area contributed by atoms with Crippen LogP contribution in [0.25, 0.3) is 0 Å². The number of aromatic hydroxyl groups is 1. The molecule has 0 aliphatic rings. The summed E-state index contributed by atoms with van der Waals surface area (Å²) in [7, 11) is -0.539. The van der Waals surface area contributed by atoms with Crippen LogP contribution in [0.3, 0.4) is 0 Å². The lowest BCUT2D eigenvalue weighted by molar-refractivity contribution is 0.211. The van der Waals surface area contributed by atoms with Gasteiger partial charge in [0.2, 0.25) is 5.75 Å². The molecule has 2 rings (SSSR count). The molecule has 148 valence electrons. The number of pyridine rings is 1. The van der Waals surface area contributed by atoms with Gasteiger partial charge in [-0.15, -0.1) is 0 Å². The lowest BCUT2D eigenvalue weighted by atomic mass is 10.0. The smallest absolute Gasteiger partial charge is 0.338 e.